The smallest absolute Gasteiger partial charge is 0.243 e. The van der Waals surface area contributed by atoms with Crippen LogP contribution in [-0.2, 0) is 21.4 Å². The first-order valence-electron chi connectivity index (χ1n) is 11.3. The standard InChI is InChI=1S/C26H28ClN3O4S/c1-34-25-13-12-23(18-24(25)27)35(32,33)30(19-21-8-4-2-5-9-21)20-26(31)29-16-14-28(15-17-29)22-10-6-3-7-11-22/h2-13,18H,14-17,19-20H2,1H3. The van der Waals surface area contributed by atoms with Gasteiger partial charge in [-0.1, -0.05) is 60.1 Å². The summed E-state index contributed by atoms with van der Waals surface area (Å²) < 4.78 is 33.5. The first kappa shape index (κ1) is 25.0. The van der Waals surface area contributed by atoms with Crippen LogP contribution in [0.5, 0.6) is 5.75 Å². The summed E-state index contributed by atoms with van der Waals surface area (Å²) >= 11 is 6.20. The van der Waals surface area contributed by atoms with Gasteiger partial charge in [0.05, 0.1) is 23.6 Å². The van der Waals surface area contributed by atoms with Crippen molar-refractivity contribution in [3.63, 3.8) is 0 Å². The summed E-state index contributed by atoms with van der Waals surface area (Å²) in [6.07, 6.45) is 0. The number of amides is 1. The van der Waals surface area contributed by atoms with Crippen LogP contribution in [0.2, 0.25) is 5.02 Å². The fourth-order valence-electron chi connectivity index (χ4n) is 4.07. The van der Waals surface area contributed by atoms with E-state index in [0.29, 0.717) is 31.9 Å². The number of hydrogen-bond donors (Lipinski definition) is 0. The number of carbonyl (C=O) groups is 1. The van der Waals surface area contributed by atoms with Gasteiger partial charge >= 0.3 is 0 Å². The number of carbonyl (C=O) groups excluding carboxylic acids is 1. The molecule has 1 heterocycles. The van der Waals surface area contributed by atoms with E-state index in [9.17, 15) is 13.2 Å². The van der Waals surface area contributed by atoms with Crippen molar-refractivity contribution in [1.82, 2.24) is 9.21 Å². The highest BCUT2D eigenvalue weighted by Gasteiger charge is 2.30. The Morgan fingerprint density at radius 2 is 1.57 bits per heavy atom. The van der Waals surface area contributed by atoms with Gasteiger partial charge in [-0.25, -0.2) is 8.42 Å². The molecular weight excluding hydrogens is 486 g/mol. The molecule has 184 valence electrons. The van der Waals surface area contributed by atoms with Crippen molar-refractivity contribution in [2.45, 2.75) is 11.4 Å². The lowest BCUT2D eigenvalue weighted by molar-refractivity contribution is -0.131. The van der Waals surface area contributed by atoms with E-state index in [-0.39, 0.29) is 28.9 Å². The Hall–Kier alpha value is -3.07. The van der Waals surface area contributed by atoms with Crippen LogP contribution in [0.3, 0.4) is 0 Å². The molecule has 1 amide bonds. The van der Waals surface area contributed by atoms with Gasteiger partial charge in [0.15, 0.2) is 0 Å². The largest absolute Gasteiger partial charge is 0.495 e. The fraction of sp³-hybridized carbons (Fsp3) is 0.269. The maximum absolute atomic E-state index is 13.6. The normalized spacial score (nSPS) is 14.3. The summed E-state index contributed by atoms with van der Waals surface area (Å²) in [5, 5.41) is 0.191. The number of sulfonamides is 1. The van der Waals surface area contributed by atoms with Crippen LogP contribution < -0.4 is 9.64 Å². The highest BCUT2D eigenvalue weighted by atomic mass is 35.5. The van der Waals surface area contributed by atoms with Gasteiger partial charge in [-0.3, -0.25) is 4.79 Å². The van der Waals surface area contributed by atoms with Gasteiger partial charge < -0.3 is 14.5 Å². The van der Waals surface area contributed by atoms with Crippen LogP contribution >= 0.6 is 11.6 Å². The van der Waals surface area contributed by atoms with E-state index in [2.05, 4.69) is 4.90 Å². The van der Waals surface area contributed by atoms with Gasteiger partial charge in [0, 0.05) is 38.4 Å². The zero-order valence-electron chi connectivity index (χ0n) is 19.5. The predicted octanol–water partition coefficient (Wildman–Crippen LogP) is 3.89. The Morgan fingerprint density at radius 1 is 0.943 bits per heavy atom. The highest BCUT2D eigenvalue weighted by molar-refractivity contribution is 7.89. The molecule has 35 heavy (non-hydrogen) atoms. The summed E-state index contributed by atoms with van der Waals surface area (Å²) in [5.41, 5.74) is 1.90. The van der Waals surface area contributed by atoms with Crippen LogP contribution in [0.4, 0.5) is 5.69 Å². The molecule has 3 aromatic rings. The topological polar surface area (TPSA) is 70.2 Å². The number of para-hydroxylation sites is 1. The number of rotatable bonds is 8. The van der Waals surface area contributed by atoms with Gasteiger partial charge in [0.25, 0.3) is 0 Å². The van der Waals surface area contributed by atoms with Crippen molar-refractivity contribution in [2.75, 3.05) is 44.7 Å². The van der Waals surface area contributed by atoms with Crippen LogP contribution in [0.25, 0.3) is 0 Å². The molecule has 0 spiro atoms. The van der Waals surface area contributed by atoms with Crippen LogP contribution in [-0.4, -0.2) is 63.4 Å². The van der Waals surface area contributed by atoms with Crippen molar-refractivity contribution in [2.24, 2.45) is 0 Å². The molecule has 9 heteroatoms. The molecule has 0 bridgehead atoms. The molecule has 0 saturated carbocycles. The maximum Gasteiger partial charge on any atom is 0.243 e. The van der Waals surface area contributed by atoms with E-state index in [4.69, 9.17) is 16.3 Å². The quantitative estimate of drug-likeness (QED) is 0.457. The summed E-state index contributed by atoms with van der Waals surface area (Å²) in [6, 6.07) is 23.6. The van der Waals surface area contributed by atoms with Crippen molar-refractivity contribution in [3.8, 4) is 5.75 Å². The van der Waals surface area contributed by atoms with E-state index in [1.54, 1.807) is 4.90 Å². The molecule has 1 saturated heterocycles. The minimum Gasteiger partial charge on any atom is -0.495 e. The van der Waals surface area contributed by atoms with Crippen molar-refractivity contribution >= 4 is 33.2 Å². The third kappa shape index (κ3) is 5.96. The lowest BCUT2D eigenvalue weighted by Gasteiger charge is -2.37. The van der Waals surface area contributed by atoms with Gasteiger partial charge in [-0.2, -0.15) is 4.31 Å². The molecule has 0 atom stereocenters. The summed E-state index contributed by atoms with van der Waals surface area (Å²) in [4.78, 5) is 17.2. The third-order valence-electron chi connectivity index (χ3n) is 6.03. The summed E-state index contributed by atoms with van der Waals surface area (Å²) in [6.45, 7) is 2.25. The number of anilines is 1. The van der Waals surface area contributed by atoms with Crippen LogP contribution in [0.1, 0.15) is 5.56 Å². The molecule has 0 unspecified atom stereocenters. The number of methoxy groups -OCH3 is 1. The SMILES string of the molecule is COc1ccc(S(=O)(=O)N(CC(=O)N2CCN(c3ccccc3)CC2)Cc2ccccc2)cc1Cl. The number of nitrogens with zero attached hydrogens (tertiary/aromatic N) is 3. The van der Waals surface area contributed by atoms with Crippen molar-refractivity contribution in [1.29, 1.82) is 0 Å². The van der Waals surface area contributed by atoms with Gasteiger partial charge in [0.2, 0.25) is 15.9 Å². The first-order valence-corrected chi connectivity index (χ1v) is 13.2. The first-order chi connectivity index (χ1) is 16.9. The molecule has 7 nitrogen and oxygen atoms in total. The fourth-order valence-corrected chi connectivity index (χ4v) is 5.80. The minimum atomic E-state index is -4.00. The van der Waals surface area contributed by atoms with Gasteiger partial charge in [-0.05, 0) is 35.9 Å². The Balaban J connectivity index is 1.52. The van der Waals surface area contributed by atoms with Crippen LogP contribution in [0.15, 0.2) is 83.8 Å². The highest BCUT2D eigenvalue weighted by Crippen LogP contribution is 2.29. The molecule has 0 radical (unpaired) electrons. The molecule has 1 aliphatic rings. The number of hydrogen-bond acceptors (Lipinski definition) is 5. The molecule has 0 aliphatic carbocycles. The zero-order valence-corrected chi connectivity index (χ0v) is 21.1. The van der Waals surface area contributed by atoms with E-state index in [0.717, 1.165) is 11.3 Å². The second-order valence-corrected chi connectivity index (χ2v) is 10.6. The van der Waals surface area contributed by atoms with Crippen LogP contribution in [0, 0.1) is 0 Å². The zero-order chi connectivity index (χ0) is 24.8. The Labute approximate surface area is 211 Å². The Morgan fingerprint density at radius 3 is 2.17 bits per heavy atom. The summed E-state index contributed by atoms with van der Waals surface area (Å²) in [7, 11) is -2.53. The molecule has 0 aromatic heterocycles. The van der Waals surface area contributed by atoms with E-state index in [1.165, 1.54) is 29.6 Å². The second kappa shape index (κ2) is 11.1. The Bertz CT molecular complexity index is 1250. The average molecular weight is 514 g/mol. The van der Waals surface area contributed by atoms with Gasteiger partial charge in [-0.15, -0.1) is 0 Å². The Kier molecular flexibility index (Phi) is 7.95. The molecule has 1 fully saturated rings. The minimum absolute atomic E-state index is 0.0147. The van der Waals surface area contributed by atoms with E-state index in [1.807, 2.05) is 60.7 Å². The predicted molar refractivity (Wildman–Crippen MR) is 137 cm³/mol. The molecule has 3 aromatic carbocycles. The van der Waals surface area contributed by atoms with Crippen molar-refractivity contribution in [3.05, 3.63) is 89.4 Å². The lowest BCUT2D eigenvalue weighted by atomic mass is 10.2. The monoisotopic (exact) mass is 513 g/mol. The number of piperazine rings is 1. The number of ether oxygens (including phenoxy) is 1. The van der Waals surface area contributed by atoms with Gasteiger partial charge in [0.1, 0.15) is 5.75 Å². The molecular formula is C26H28ClN3O4S. The maximum atomic E-state index is 13.6. The van der Waals surface area contributed by atoms with E-state index < -0.39 is 10.0 Å². The number of halogens is 1. The van der Waals surface area contributed by atoms with Crippen molar-refractivity contribution < 1.29 is 17.9 Å². The average Bonchev–Trinajstić information content (AvgIpc) is 2.89. The molecule has 4 rings (SSSR count). The number of benzene rings is 3. The molecule has 1 aliphatic heterocycles. The lowest BCUT2D eigenvalue weighted by Crippen LogP contribution is -2.51. The molecule has 0 N–H and O–H groups in total. The third-order valence-corrected chi connectivity index (χ3v) is 8.11. The van der Waals surface area contributed by atoms with E-state index >= 15 is 0 Å². The summed E-state index contributed by atoms with van der Waals surface area (Å²) in [5.74, 6) is 0.157. The second-order valence-electron chi connectivity index (χ2n) is 8.26.